The Hall–Kier alpha value is -1.10. The van der Waals surface area contributed by atoms with Gasteiger partial charge in [0.1, 0.15) is 0 Å². The first kappa shape index (κ1) is 14.0. The molecule has 0 unspecified atom stereocenters. The van der Waals surface area contributed by atoms with E-state index >= 15 is 0 Å². The summed E-state index contributed by atoms with van der Waals surface area (Å²) in [5, 5.41) is 3.59. The smallest absolute Gasteiger partial charge is 0.220 e. The van der Waals surface area contributed by atoms with Gasteiger partial charge in [-0.15, -0.1) is 0 Å². The van der Waals surface area contributed by atoms with Gasteiger partial charge in [-0.2, -0.15) is 0 Å². The molecule has 0 aromatic carbocycles. The van der Waals surface area contributed by atoms with Crippen LogP contribution in [0.15, 0.2) is 5.16 Å². The quantitative estimate of drug-likeness (QED) is 0.643. The Morgan fingerprint density at radius 1 is 1.29 bits per heavy atom. The van der Waals surface area contributed by atoms with Crippen molar-refractivity contribution in [2.24, 2.45) is 0 Å². The summed E-state index contributed by atoms with van der Waals surface area (Å²) in [7, 11) is 0. The number of nitrogens with zero attached hydrogens (tertiary/aromatic N) is 2. The SMILES string of the molecule is CCNC(=O)CCc1c(C)nc(SC)nc1C. The number of nitrogens with one attached hydrogen (secondary N) is 1. The van der Waals surface area contributed by atoms with Crippen molar-refractivity contribution >= 4 is 17.7 Å². The average Bonchev–Trinajstić information content (AvgIpc) is 2.28. The van der Waals surface area contributed by atoms with Gasteiger partial charge in [-0.1, -0.05) is 11.8 Å². The van der Waals surface area contributed by atoms with E-state index in [1.54, 1.807) is 0 Å². The topological polar surface area (TPSA) is 54.9 Å². The van der Waals surface area contributed by atoms with Gasteiger partial charge >= 0.3 is 0 Å². The minimum atomic E-state index is 0.0836. The highest BCUT2D eigenvalue weighted by Gasteiger charge is 2.09. The highest BCUT2D eigenvalue weighted by molar-refractivity contribution is 7.98. The number of hydrogen-bond acceptors (Lipinski definition) is 4. The molecule has 1 aromatic heterocycles. The van der Waals surface area contributed by atoms with Crippen molar-refractivity contribution in [1.29, 1.82) is 0 Å². The second-order valence-electron chi connectivity index (χ2n) is 3.81. The van der Waals surface area contributed by atoms with Crippen LogP contribution in [0.5, 0.6) is 0 Å². The van der Waals surface area contributed by atoms with E-state index in [4.69, 9.17) is 0 Å². The Morgan fingerprint density at radius 2 is 1.88 bits per heavy atom. The van der Waals surface area contributed by atoms with Gasteiger partial charge in [0, 0.05) is 24.4 Å². The first-order valence-electron chi connectivity index (χ1n) is 5.73. The Morgan fingerprint density at radius 3 is 2.35 bits per heavy atom. The molecule has 0 bridgehead atoms. The summed E-state index contributed by atoms with van der Waals surface area (Å²) >= 11 is 1.54. The average molecular weight is 253 g/mol. The molecule has 94 valence electrons. The lowest BCUT2D eigenvalue weighted by atomic mass is 10.1. The molecule has 0 aliphatic heterocycles. The van der Waals surface area contributed by atoms with Crippen LogP contribution in [-0.2, 0) is 11.2 Å². The molecule has 1 amide bonds. The van der Waals surface area contributed by atoms with Crippen molar-refractivity contribution in [1.82, 2.24) is 15.3 Å². The van der Waals surface area contributed by atoms with Crippen LogP contribution in [0.25, 0.3) is 0 Å². The van der Waals surface area contributed by atoms with Gasteiger partial charge < -0.3 is 5.32 Å². The fourth-order valence-corrected chi connectivity index (χ4v) is 2.14. The first-order chi connectivity index (χ1) is 8.08. The van der Waals surface area contributed by atoms with Crippen LogP contribution in [0.3, 0.4) is 0 Å². The molecule has 4 nitrogen and oxygen atoms in total. The molecule has 0 atom stereocenters. The van der Waals surface area contributed by atoms with E-state index in [-0.39, 0.29) is 5.91 Å². The minimum Gasteiger partial charge on any atom is -0.356 e. The molecule has 0 aliphatic rings. The van der Waals surface area contributed by atoms with Gasteiger partial charge in [0.05, 0.1) is 0 Å². The molecule has 0 spiro atoms. The third-order valence-corrected chi connectivity index (χ3v) is 3.11. The molecule has 1 aromatic rings. The number of aryl methyl sites for hydroxylation is 2. The Bertz CT molecular complexity index is 384. The molecule has 0 radical (unpaired) electrons. The Balaban J connectivity index is 2.74. The van der Waals surface area contributed by atoms with E-state index in [9.17, 15) is 4.79 Å². The van der Waals surface area contributed by atoms with Crippen molar-refractivity contribution in [2.75, 3.05) is 12.8 Å². The summed E-state index contributed by atoms with van der Waals surface area (Å²) in [5.41, 5.74) is 3.05. The highest BCUT2D eigenvalue weighted by atomic mass is 32.2. The van der Waals surface area contributed by atoms with Gasteiger partial charge in [-0.3, -0.25) is 4.79 Å². The summed E-state index contributed by atoms with van der Waals surface area (Å²) in [6.45, 7) is 6.55. The maximum Gasteiger partial charge on any atom is 0.220 e. The summed E-state index contributed by atoms with van der Waals surface area (Å²) in [6.07, 6.45) is 3.16. The third-order valence-electron chi connectivity index (χ3n) is 2.56. The molecule has 1 N–H and O–H groups in total. The van der Waals surface area contributed by atoms with Crippen LogP contribution >= 0.6 is 11.8 Å². The largest absolute Gasteiger partial charge is 0.356 e. The van der Waals surface area contributed by atoms with E-state index in [1.807, 2.05) is 27.0 Å². The summed E-state index contributed by atoms with van der Waals surface area (Å²) in [5.74, 6) is 0.0836. The van der Waals surface area contributed by atoms with E-state index < -0.39 is 0 Å². The molecule has 0 fully saturated rings. The predicted octanol–water partition coefficient (Wildman–Crippen LogP) is 1.88. The van der Waals surface area contributed by atoms with Crippen LogP contribution in [0.4, 0.5) is 0 Å². The van der Waals surface area contributed by atoms with Crippen molar-refractivity contribution < 1.29 is 4.79 Å². The zero-order chi connectivity index (χ0) is 12.8. The second kappa shape index (κ2) is 6.59. The molecule has 0 saturated heterocycles. The molecular weight excluding hydrogens is 234 g/mol. The fraction of sp³-hybridized carbons (Fsp3) is 0.583. The zero-order valence-corrected chi connectivity index (χ0v) is 11.6. The van der Waals surface area contributed by atoms with Crippen molar-refractivity contribution in [2.45, 2.75) is 38.8 Å². The van der Waals surface area contributed by atoms with Crippen molar-refractivity contribution in [3.8, 4) is 0 Å². The van der Waals surface area contributed by atoms with Crippen LogP contribution in [0.2, 0.25) is 0 Å². The number of aromatic nitrogens is 2. The van der Waals surface area contributed by atoms with E-state index in [2.05, 4.69) is 15.3 Å². The van der Waals surface area contributed by atoms with Crippen molar-refractivity contribution in [3.63, 3.8) is 0 Å². The Kier molecular flexibility index (Phi) is 5.41. The van der Waals surface area contributed by atoms with Crippen LogP contribution < -0.4 is 5.32 Å². The summed E-state index contributed by atoms with van der Waals surface area (Å²) < 4.78 is 0. The first-order valence-corrected chi connectivity index (χ1v) is 6.95. The van der Waals surface area contributed by atoms with Crippen LogP contribution in [0, 0.1) is 13.8 Å². The van der Waals surface area contributed by atoms with Gasteiger partial charge in [-0.25, -0.2) is 9.97 Å². The molecule has 1 heterocycles. The van der Waals surface area contributed by atoms with Gasteiger partial charge in [-0.05, 0) is 39.0 Å². The van der Waals surface area contributed by atoms with E-state index in [0.717, 1.165) is 22.1 Å². The Labute approximate surface area is 107 Å². The van der Waals surface area contributed by atoms with Crippen LogP contribution in [-0.4, -0.2) is 28.7 Å². The molecule has 0 aliphatic carbocycles. The van der Waals surface area contributed by atoms with E-state index in [1.165, 1.54) is 11.8 Å². The number of carbonyl (C=O) groups excluding carboxylic acids is 1. The van der Waals surface area contributed by atoms with Crippen LogP contribution in [0.1, 0.15) is 30.3 Å². The lowest BCUT2D eigenvalue weighted by molar-refractivity contribution is -0.120. The number of carbonyl (C=O) groups is 1. The maximum atomic E-state index is 11.4. The molecular formula is C12H19N3OS. The molecule has 0 saturated carbocycles. The summed E-state index contributed by atoms with van der Waals surface area (Å²) in [6, 6.07) is 0. The highest BCUT2D eigenvalue weighted by Crippen LogP contribution is 2.16. The van der Waals surface area contributed by atoms with Gasteiger partial charge in [0.15, 0.2) is 5.16 Å². The molecule has 17 heavy (non-hydrogen) atoms. The number of hydrogen-bond donors (Lipinski definition) is 1. The normalized spacial score (nSPS) is 10.4. The second-order valence-corrected chi connectivity index (χ2v) is 4.59. The number of amides is 1. The summed E-state index contributed by atoms with van der Waals surface area (Å²) in [4.78, 5) is 20.2. The minimum absolute atomic E-state index is 0.0836. The monoisotopic (exact) mass is 253 g/mol. The fourth-order valence-electron chi connectivity index (χ4n) is 1.69. The standard InChI is InChI=1S/C12H19N3OS/c1-5-13-11(16)7-6-10-8(2)14-12(17-4)15-9(10)3/h5-7H2,1-4H3,(H,13,16). The lowest BCUT2D eigenvalue weighted by Crippen LogP contribution is -2.23. The predicted molar refractivity (Wildman–Crippen MR) is 70.3 cm³/mol. The zero-order valence-electron chi connectivity index (χ0n) is 10.8. The number of rotatable bonds is 5. The van der Waals surface area contributed by atoms with Crippen molar-refractivity contribution in [3.05, 3.63) is 17.0 Å². The number of thioether (sulfide) groups is 1. The maximum absolute atomic E-state index is 11.4. The molecule has 1 rings (SSSR count). The van der Waals surface area contributed by atoms with Gasteiger partial charge in [0.25, 0.3) is 0 Å². The molecule has 5 heteroatoms. The van der Waals surface area contributed by atoms with Gasteiger partial charge in [0.2, 0.25) is 5.91 Å². The lowest BCUT2D eigenvalue weighted by Gasteiger charge is -2.09. The van der Waals surface area contributed by atoms with E-state index in [0.29, 0.717) is 19.4 Å². The third kappa shape index (κ3) is 4.00.